The summed E-state index contributed by atoms with van der Waals surface area (Å²) in [5.74, 6) is 1.92. The van der Waals surface area contributed by atoms with E-state index in [4.69, 9.17) is 20.9 Å². The molecule has 134 valence electrons. The number of nitrogens with one attached hydrogen (secondary N) is 1. The maximum Gasteiger partial charge on any atom is 0.256 e. The molecule has 26 heavy (non-hydrogen) atoms. The van der Waals surface area contributed by atoms with Crippen LogP contribution in [-0.4, -0.2) is 23.2 Å². The van der Waals surface area contributed by atoms with Crippen molar-refractivity contribution < 1.29 is 14.1 Å². The standard InChI is InChI=1S/C18H16ClN3O3S/c1-11-20-17(25-22-11)10-26-16-6-4-3-5-13(16)18(23)21-12-7-8-15(24-2)14(19)9-12/h3-9H,10H2,1-2H3,(H,21,23). The van der Waals surface area contributed by atoms with Crippen LogP contribution < -0.4 is 10.1 Å². The highest BCUT2D eigenvalue weighted by atomic mass is 35.5. The number of carbonyl (C=O) groups excluding carboxylic acids is 1. The van der Waals surface area contributed by atoms with E-state index in [9.17, 15) is 4.79 Å². The number of hydrogen-bond donors (Lipinski definition) is 1. The molecule has 1 aromatic heterocycles. The summed E-state index contributed by atoms with van der Waals surface area (Å²) in [4.78, 5) is 17.7. The summed E-state index contributed by atoms with van der Waals surface area (Å²) < 4.78 is 10.2. The topological polar surface area (TPSA) is 77.2 Å². The molecule has 0 aliphatic rings. The molecule has 1 N–H and O–H groups in total. The number of thioether (sulfide) groups is 1. The molecule has 1 heterocycles. The Morgan fingerprint density at radius 3 is 2.81 bits per heavy atom. The van der Waals surface area contributed by atoms with Crippen LogP contribution in [0.4, 0.5) is 5.69 Å². The highest BCUT2D eigenvalue weighted by molar-refractivity contribution is 7.98. The third-order valence-electron chi connectivity index (χ3n) is 3.46. The van der Waals surface area contributed by atoms with E-state index in [1.165, 1.54) is 18.9 Å². The first-order valence-electron chi connectivity index (χ1n) is 7.72. The van der Waals surface area contributed by atoms with E-state index in [-0.39, 0.29) is 5.91 Å². The fourth-order valence-electron chi connectivity index (χ4n) is 2.26. The van der Waals surface area contributed by atoms with Gasteiger partial charge in [-0.1, -0.05) is 28.9 Å². The average Bonchev–Trinajstić information content (AvgIpc) is 3.05. The molecule has 6 nitrogen and oxygen atoms in total. The molecule has 1 amide bonds. The van der Waals surface area contributed by atoms with Crippen molar-refractivity contribution in [2.24, 2.45) is 0 Å². The Hall–Kier alpha value is -2.51. The van der Waals surface area contributed by atoms with Crippen LogP contribution in [-0.2, 0) is 5.75 Å². The Bertz CT molecular complexity index is 930. The monoisotopic (exact) mass is 389 g/mol. The SMILES string of the molecule is COc1ccc(NC(=O)c2ccccc2SCc2nc(C)no2)cc1Cl. The molecule has 0 unspecified atom stereocenters. The van der Waals surface area contributed by atoms with Crippen molar-refractivity contribution in [2.45, 2.75) is 17.6 Å². The minimum absolute atomic E-state index is 0.226. The van der Waals surface area contributed by atoms with Gasteiger partial charge in [-0.05, 0) is 37.3 Å². The third-order valence-corrected chi connectivity index (χ3v) is 4.82. The first kappa shape index (κ1) is 18.3. The van der Waals surface area contributed by atoms with Crippen molar-refractivity contribution in [3.63, 3.8) is 0 Å². The van der Waals surface area contributed by atoms with E-state index in [0.29, 0.717) is 39.5 Å². The van der Waals surface area contributed by atoms with Crippen molar-refractivity contribution in [1.29, 1.82) is 0 Å². The number of benzene rings is 2. The van der Waals surface area contributed by atoms with Crippen LogP contribution in [0.3, 0.4) is 0 Å². The second-order valence-electron chi connectivity index (χ2n) is 5.32. The molecule has 0 aliphatic carbocycles. The summed E-state index contributed by atoms with van der Waals surface area (Å²) in [6.45, 7) is 1.76. The summed E-state index contributed by atoms with van der Waals surface area (Å²) in [5.41, 5.74) is 1.15. The van der Waals surface area contributed by atoms with E-state index in [1.807, 2.05) is 18.2 Å². The highest BCUT2D eigenvalue weighted by Gasteiger charge is 2.14. The van der Waals surface area contributed by atoms with Crippen LogP contribution in [0.5, 0.6) is 5.75 Å². The van der Waals surface area contributed by atoms with Crippen molar-refractivity contribution in [1.82, 2.24) is 10.1 Å². The van der Waals surface area contributed by atoms with Crippen molar-refractivity contribution in [3.8, 4) is 5.75 Å². The molecular weight excluding hydrogens is 374 g/mol. The van der Waals surface area contributed by atoms with Gasteiger partial charge in [0.05, 0.1) is 23.4 Å². The first-order valence-corrected chi connectivity index (χ1v) is 9.09. The summed E-state index contributed by atoms with van der Waals surface area (Å²) >= 11 is 7.56. The van der Waals surface area contributed by atoms with Gasteiger partial charge in [-0.15, -0.1) is 11.8 Å². The van der Waals surface area contributed by atoms with Gasteiger partial charge in [0.15, 0.2) is 5.82 Å². The maximum atomic E-state index is 12.7. The van der Waals surface area contributed by atoms with Gasteiger partial charge in [-0.3, -0.25) is 4.79 Å². The van der Waals surface area contributed by atoms with Crippen LogP contribution in [0.1, 0.15) is 22.1 Å². The fraction of sp³-hybridized carbons (Fsp3) is 0.167. The van der Waals surface area contributed by atoms with Crippen LogP contribution in [0.15, 0.2) is 51.9 Å². The van der Waals surface area contributed by atoms with E-state index >= 15 is 0 Å². The van der Waals surface area contributed by atoms with E-state index in [0.717, 1.165) is 4.90 Å². The zero-order valence-electron chi connectivity index (χ0n) is 14.2. The van der Waals surface area contributed by atoms with Gasteiger partial charge in [-0.25, -0.2) is 0 Å². The Morgan fingerprint density at radius 1 is 1.31 bits per heavy atom. The predicted molar refractivity (Wildman–Crippen MR) is 101 cm³/mol. The van der Waals surface area contributed by atoms with Crippen LogP contribution in [0, 0.1) is 6.92 Å². The number of aromatic nitrogens is 2. The molecule has 0 saturated carbocycles. The lowest BCUT2D eigenvalue weighted by molar-refractivity contribution is 0.102. The lowest BCUT2D eigenvalue weighted by Crippen LogP contribution is -2.13. The number of ether oxygens (including phenoxy) is 1. The first-order chi connectivity index (χ1) is 12.6. The minimum Gasteiger partial charge on any atom is -0.495 e. The number of methoxy groups -OCH3 is 1. The number of halogens is 1. The van der Waals surface area contributed by atoms with Gasteiger partial charge in [0.25, 0.3) is 5.91 Å². The largest absolute Gasteiger partial charge is 0.495 e. The highest BCUT2D eigenvalue weighted by Crippen LogP contribution is 2.29. The number of anilines is 1. The van der Waals surface area contributed by atoms with Gasteiger partial charge in [0.1, 0.15) is 5.75 Å². The molecule has 0 radical (unpaired) electrons. The van der Waals surface area contributed by atoms with Crippen LogP contribution >= 0.6 is 23.4 Å². The van der Waals surface area contributed by atoms with Gasteiger partial charge < -0.3 is 14.6 Å². The van der Waals surface area contributed by atoms with Crippen molar-refractivity contribution in [2.75, 3.05) is 12.4 Å². The molecule has 0 spiro atoms. The third kappa shape index (κ3) is 4.36. The van der Waals surface area contributed by atoms with Crippen LogP contribution in [0.25, 0.3) is 0 Å². The molecule has 0 aliphatic heterocycles. The summed E-state index contributed by atoms with van der Waals surface area (Å²) in [5, 5.41) is 7.04. The van der Waals surface area contributed by atoms with Gasteiger partial charge in [0, 0.05) is 10.6 Å². The summed E-state index contributed by atoms with van der Waals surface area (Å²) in [6.07, 6.45) is 0. The maximum absolute atomic E-state index is 12.7. The quantitative estimate of drug-likeness (QED) is 0.621. The minimum atomic E-state index is -0.226. The zero-order chi connectivity index (χ0) is 18.5. The number of carbonyl (C=O) groups is 1. The predicted octanol–water partition coefficient (Wildman–Crippen LogP) is 4.58. The smallest absolute Gasteiger partial charge is 0.256 e. The summed E-state index contributed by atoms with van der Waals surface area (Å²) in [6, 6.07) is 12.4. The van der Waals surface area contributed by atoms with E-state index in [2.05, 4.69) is 15.5 Å². The zero-order valence-corrected chi connectivity index (χ0v) is 15.7. The Labute approximate surface area is 159 Å². The Balaban J connectivity index is 1.74. The molecule has 8 heteroatoms. The molecular formula is C18H16ClN3O3S. The lowest BCUT2D eigenvalue weighted by Gasteiger charge is -2.10. The second kappa shape index (κ2) is 8.25. The fourth-order valence-corrected chi connectivity index (χ4v) is 3.41. The Kier molecular flexibility index (Phi) is 5.80. The number of nitrogens with zero attached hydrogens (tertiary/aromatic N) is 2. The molecule has 2 aromatic carbocycles. The van der Waals surface area contributed by atoms with Gasteiger partial charge >= 0.3 is 0 Å². The molecule has 0 bridgehead atoms. The number of aryl methyl sites for hydroxylation is 1. The molecule has 3 rings (SSSR count). The average molecular weight is 390 g/mol. The molecule has 0 saturated heterocycles. The lowest BCUT2D eigenvalue weighted by atomic mass is 10.2. The number of rotatable bonds is 6. The van der Waals surface area contributed by atoms with Gasteiger partial charge in [0.2, 0.25) is 5.89 Å². The molecule has 0 atom stereocenters. The number of amides is 1. The molecule has 0 fully saturated rings. The van der Waals surface area contributed by atoms with Crippen molar-refractivity contribution >= 4 is 35.0 Å². The van der Waals surface area contributed by atoms with E-state index < -0.39 is 0 Å². The Morgan fingerprint density at radius 2 is 2.12 bits per heavy atom. The van der Waals surface area contributed by atoms with E-state index in [1.54, 1.807) is 31.2 Å². The second-order valence-corrected chi connectivity index (χ2v) is 6.75. The van der Waals surface area contributed by atoms with Crippen molar-refractivity contribution in [3.05, 3.63) is 64.8 Å². The normalized spacial score (nSPS) is 10.6. The molecule has 3 aromatic rings. The van der Waals surface area contributed by atoms with Gasteiger partial charge in [-0.2, -0.15) is 4.98 Å². The summed E-state index contributed by atoms with van der Waals surface area (Å²) in [7, 11) is 1.54. The van der Waals surface area contributed by atoms with Crippen LogP contribution in [0.2, 0.25) is 5.02 Å². The number of hydrogen-bond acceptors (Lipinski definition) is 6.